The number of H-pyrrole nitrogens is 1. The number of hydrogen-bond donors (Lipinski definition) is 5. The minimum Gasteiger partial charge on any atom is -0.370 e. The van der Waals surface area contributed by atoms with Gasteiger partial charge in [0.1, 0.15) is 0 Å². The Kier molecular flexibility index (Phi) is 9.82. The highest BCUT2D eigenvalue weighted by atomic mass is 16.2. The molecule has 1 saturated heterocycles. The fourth-order valence-electron chi connectivity index (χ4n) is 5.66. The number of guanidine groups is 1. The number of benzene rings is 1. The molecule has 1 saturated carbocycles. The van der Waals surface area contributed by atoms with E-state index < -0.39 is 0 Å². The van der Waals surface area contributed by atoms with Crippen molar-refractivity contribution in [2.75, 3.05) is 33.2 Å². The molecule has 2 unspecified atom stereocenters. The Morgan fingerprint density at radius 1 is 1.16 bits per heavy atom. The summed E-state index contributed by atoms with van der Waals surface area (Å²) in [6.45, 7) is 2.76. The molecule has 1 aromatic heterocycles. The van der Waals surface area contributed by atoms with Crippen molar-refractivity contribution in [3.05, 3.63) is 36.0 Å². The number of nitrogens with zero attached hydrogens (tertiary/aromatic N) is 2. The first-order valence-electron chi connectivity index (χ1n) is 13.9. The zero-order valence-corrected chi connectivity index (χ0v) is 22.1. The molecule has 1 aromatic carbocycles. The van der Waals surface area contributed by atoms with Gasteiger partial charge in [0.25, 0.3) is 0 Å². The summed E-state index contributed by atoms with van der Waals surface area (Å²) in [7, 11) is 1.65. The average Bonchev–Trinajstić information content (AvgIpc) is 3.26. The van der Waals surface area contributed by atoms with E-state index in [0.29, 0.717) is 37.8 Å². The molecule has 0 bridgehead atoms. The Labute approximate surface area is 220 Å². The maximum atomic E-state index is 13.5. The SMILES string of the molecule is CN=C(N)NCCCC1NC(CNC(=O)Cc2c[nH]c3ccccc23)CCN(CC2CCCCC2)C1=O. The minimum atomic E-state index is -0.261. The summed E-state index contributed by atoms with van der Waals surface area (Å²) >= 11 is 0. The van der Waals surface area contributed by atoms with Crippen LogP contribution in [0.15, 0.2) is 35.5 Å². The molecule has 2 amide bonds. The van der Waals surface area contributed by atoms with E-state index in [0.717, 1.165) is 42.4 Å². The van der Waals surface area contributed by atoms with E-state index in [4.69, 9.17) is 5.73 Å². The highest BCUT2D eigenvalue weighted by molar-refractivity contribution is 5.89. The van der Waals surface area contributed by atoms with Gasteiger partial charge in [0.2, 0.25) is 11.8 Å². The smallest absolute Gasteiger partial charge is 0.239 e. The third-order valence-corrected chi connectivity index (χ3v) is 7.79. The van der Waals surface area contributed by atoms with Gasteiger partial charge in [-0.25, -0.2) is 0 Å². The Balaban J connectivity index is 1.33. The molecule has 2 aliphatic rings. The van der Waals surface area contributed by atoms with E-state index in [1.165, 1.54) is 32.1 Å². The fraction of sp³-hybridized carbons (Fsp3) is 0.607. The molecule has 0 radical (unpaired) electrons. The fourth-order valence-corrected chi connectivity index (χ4v) is 5.66. The predicted octanol–water partition coefficient (Wildman–Crippen LogP) is 2.28. The van der Waals surface area contributed by atoms with Crippen molar-refractivity contribution in [2.24, 2.45) is 16.6 Å². The van der Waals surface area contributed by atoms with Gasteiger partial charge in [-0.15, -0.1) is 0 Å². The Hall–Kier alpha value is -3.07. The van der Waals surface area contributed by atoms with E-state index in [1.807, 2.05) is 30.5 Å². The van der Waals surface area contributed by atoms with Crippen LogP contribution < -0.4 is 21.7 Å². The van der Waals surface area contributed by atoms with Crippen LogP contribution in [-0.2, 0) is 16.0 Å². The number of rotatable bonds is 10. The topological polar surface area (TPSA) is 128 Å². The molecule has 202 valence electrons. The first-order chi connectivity index (χ1) is 18.0. The number of aromatic amines is 1. The van der Waals surface area contributed by atoms with Crippen molar-refractivity contribution in [2.45, 2.75) is 69.9 Å². The number of nitrogens with one attached hydrogen (secondary N) is 4. The lowest BCUT2D eigenvalue weighted by atomic mass is 9.89. The predicted molar refractivity (Wildman–Crippen MR) is 148 cm³/mol. The van der Waals surface area contributed by atoms with Gasteiger partial charge in [0.05, 0.1) is 12.5 Å². The van der Waals surface area contributed by atoms with Crippen molar-refractivity contribution in [3.8, 4) is 0 Å². The molecule has 2 aromatic rings. The van der Waals surface area contributed by atoms with E-state index in [9.17, 15) is 9.59 Å². The van der Waals surface area contributed by atoms with Gasteiger partial charge in [-0.1, -0.05) is 37.5 Å². The number of amides is 2. The van der Waals surface area contributed by atoms with E-state index in [2.05, 4.69) is 30.8 Å². The van der Waals surface area contributed by atoms with Crippen molar-refractivity contribution < 1.29 is 9.59 Å². The second kappa shape index (κ2) is 13.5. The molecule has 1 aliphatic carbocycles. The summed E-state index contributed by atoms with van der Waals surface area (Å²) in [5.41, 5.74) is 7.78. The number of hydrogen-bond acceptors (Lipinski definition) is 4. The normalized spacial score (nSPS) is 21.7. The Morgan fingerprint density at radius 3 is 2.78 bits per heavy atom. The van der Waals surface area contributed by atoms with Gasteiger partial charge in [-0.05, 0) is 49.7 Å². The maximum absolute atomic E-state index is 13.5. The van der Waals surface area contributed by atoms with Crippen LogP contribution in [0.25, 0.3) is 10.9 Å². The number of nitrogens with two attached hydrogens (primary N) is 1. The molecule has 4 rings (SSSR count). The quantitative estimate of drug-likeness (QED) is 0.191. The second-order valence-electron chi connectivity index (χ2n) is 10.5. The lowest BCUT2D eigenvalue weighted by molar-refractivity contribution is -0.133. The average molecular weight is 510 g/mol. The largest absolute Gasteiger partial charge is 0.370 e. The van der Waals surface area contributed by atoms with Gasteiger partial charge in [-0.2, -0.15) is 0 Å². The van der Waals surface area contributed by atoms with Gasteiger partial charge < -0.3 is 31.6 Å². The van der Waals surface area contributed by atoms with Crippen LogP contribution in [-0.4, -0.2) is 73.0 Å². The molecule has 9 heteroatoms. The minimum absolute atomic E-state index is 0.00346. The lowest BCUT2D eigenvalue weighted by Gasteiger charge is -2.30. The van der Waals surface area contributed by atoms with Crippen molar-refractivity contribution in [3.63, 3.8) is 0 Å². The number of para-hydroxylation sites is 1. The van der Waals surface area contributed by atoms with Crippen LogP contribution >= 0.6 is 0 Å². The summed E-state index contributed by atoms with van der Waals surface area (Å²) in [6.07, 6.45) is 10.9. The number of aromatic nitrogens is 1. The molecule has 2 atom stereocenters. The van der Waals surface area contributed by atoms with Gasteiger partial charge in [0.15, 0.2) is 5.96 Å². The van der Waals surface area contributed by atoms with Crippen molar-refractivity contribution in [1.82, 2.24) is 25.8 Å². The summed E-state index contributed by atoms with van der Waals surface area (Å²) in [6, 6.07) is 7.81. The van der Waals surface area contributed by atoms with Gasteiger partial charge in [0, 0.05) is 56.4 Å². The summed E-state index contributed by atoms with van der Waals surface area (Å²) < 4.78 is 0. The molecule has 0 spiro atoms. The molecular weight excluding hydrogens is 466 g/mol. The molecule has 9 nitrogen and oxygen atoms in total. The molecule has 2 fully saturated rings. The first kappa shape index (κ1) is 27.0. The first-order valence-corrected chi connectivity index (χ1v) is 13.9. The second-order valence-corrected chi connectivity index (χ2v) is 10.5. The molecule has 1 aliphatic heterocycles. The molecule has 2 heterocycles. The van der Waals surface area contributed by atoms with Crippen molar-refractivity contribution in [1.29, 1.82) is 0 Å². The van der Waals surface area contributed by atoms with Crippen LogP contribution in [0.3, 0.4) is 0 Å². The van der Waals surface area contributed by atoms with Crippen LogP contribution in [0, 0.1) is 5.92 Å². The van der Waals surface area contributed by atoms with E-state index >= 15 is 0 Å². The summed E-state index contributed by atoms with van der Waals surface area (Å²) in [5, 5.41) is 10.9. The molecular formula is C28H43N7O2. The Morgan fingerprint density at radius 2 is 1.97 bits per heavy atom. The maximum Gasteiger partial charge on any atom is 0.239 e. The third-order valence-electron chi connectivity index (χ3n) is 7.79. The third kappa shape index (κ3) is 7.71. The summed E-state index contributed by atoms with van der Waals surface area (Å²) in [4.78, 5) is 35.6. The highest BCUT2D eigenvalue weighted by Gasteiger charge is 2.32. The van der Waals surface area contributed by atoms with Crippen molar-refractivity contribution >= 4 is 28.7 Å². The zero-order chi connectivity index (χ0) is 26.0. The Bertz CT molecular complexity index is 1060. The standard InChI is InChI=1S/C28H43N7O2/c1-30-28(29)31-14-7-12-25-27(37)35(19-20-8-3-2-4-9-20)15-13-22(34-25)18-33-26(36)16-21-17-32-24-11-6-5-10-23(21)24/h5-6,10-11,17,20,22,25,32,34H,2-4,7-9,12-16,18-19H2,1H3,(H,33,36)(H3,29,30,31). The van der Waals surface area contributed by atoms with E-state index in [1.54, 1.807) is 7.05 Å². The van der Waals surface area contributed by atoms with Crippen LogP contribution in [0.2, 0.25) is 0 Å². The number of carbonyl (C=O) groups excluding carboxylic acids is 2. The van der Waals surface area contributed by atoms with Crippen LogP contribution in [0.4, 0.5) is 0 Å². The van der Waals surface area contributed by atoms with Crippen LogP contribution in [0.1, 0.15) is 56.9 Å². The molecule has 37 heavy (non-hydrogen) atoms. The van der Waals surface area contributed by atoms with Crippen LogP contribution in [0.5, 0.6) is 0 Å². The van der Waals surface area contributed by atoms with E-state index in [-0.39, 0.29) is 23.9 Å². The zero-order valence-electron chi connectivity index (χ0n) is 22.1. The monoisotopic (exact) mass is 509 g/mol. The van der Waals surface area contributed by atoms with Gasteiger partial charge in [-0.3, -0.25) is 14.6 Å². The highest BCUT2D eigenvalue weighted by Crippen LogP contribution is 2.25. The summed E-state index contributed by atoms with van der Waals surface area (Å²) in [5.74, 6) is 1.20. The lowest BCUT2D eigenvalue weighted by Crippen LogP contribution is -2.49. The number of fused-ring (bicyclic) bond motifs is 1. The molecule has 6 N–H and O–H groups in total. The number of aliphatic imine (C=N–C) groups is 1. The van der Waals surface area contributed by atoms with Gasteiger partial charge >= 0.3 is 0 Å². The number of carbonyl (C=O) groups is 2.